The van der Waals surface area contributed by atoms with E-state index in [-0.39, 0.29) is 11.8 Å². The number of rotatable bonds is 3. The summed E-state index contributed by atoms with van der Waals surface area (Å²) in [6.45, 7) is 0.549. The van der Waals surface area contributed by atoms with E-state index in [9.17, 15) is 9.59 Å². The molecule has 1 fully saturated rings. The fraction of sp³-hybridized carbons (Fsp3) is 0.214. The van der Waals surface area contributed by atoms with Crippen LogP contribution in [0.25, 0.3) is 0 Å². The maximum atomic E-state index is 12.4. The van der Waals surface area contributed by atoms with Gasteiger partial charge in [-0.1, -0.05) is 17.7 Å². The van der Waals surface area contributed by atoms with Gasteiger partial charge in [0, 0.05) is 17.3 Å². The monoisotopic (exact) mass is 304 g/mol. The lowest BCUT2D eigenvalue weighted by Crippen LogP contribution is -2.41. The molecule has 0 spiro atoms. The second-order valence-electron chi connectivity index (χ2n) is 4.75. The van der Waals surface area contributed by atoms with E-state index in [1.54, 1.807) is 23.1 Å². The van der Waals surface area contributed by atoms with Gasteiger partial charge in [0.25, 0.3) is 5.91 Å². The zero-order valence-corrected chi connectivity index (χ0v) is 11.8. The predicted molar refractivity (Wildman–Crippen MR) is 78.3 cm³/mol. The van der Waals surface area contributed by atoms with E-state index >= 15 is 0 Å². The van der Waals surface area contributed by atoms with Crippen molar-refractivity contribution >= 4 is 29.1 Å². The first-order valence-electron chi connectivity index (χ1n) is 6.51. The maximum Gasteiger partial charge on any atom is 0.269 e. The van der Waals surface area contributed by atoms with Crippen LogP contribution in [0.15, 0.2) is 36.8 Å². The van der Waals surface area contributed by atoms with Crippen LogP contribution in [0.4, 0.5) is 5.69 Å². The first kappa shape index (κ1) is 13.6. The molecule has 1 aliphatic heterocycles. The summed E-state index contributed by atoms with van der Waals surface area (Å²) in [5, 5.41) is 3.29. The predicted octanol–water partition coefficient (Wildman–Crippen LogP) is 1.60. The maximum absolute atomic E-state index is 12.4. The first-order valence-corrected chi connectivity index (χ1v) is 6.89. The molecule has 21 heavy (non-hydrogen) atoms. The van der Waals surface area contributed by atoms with Gasteiger partial charge in [0.15, 0.2) is 0 Å². The van der Waals surface area contributed by atoms with Crippen LogP contribution in [-0.2, 0) is 4.79 Å². The molecule has 2 amide bonds. The van der Waals surface area contributed by atoms with Crippen molar-refractivity contribution in [3.63, 3.8) is 0 Å². The van der Waals surface area contributed by atoms with Crippen LogP contribution in [-0.4, -0.2) is 34.4 Å². The average Bonchev–Trinajstić information content (AvgIpc) is 3.10. The number of benzene rings is 1. The summed E-state index contributed by atoms with van der Waals surface area (Å²) in [5.74, 6) is -0.469. The average molecular weight is 305 g/mol. The van der Waals surface area contributed by atoms with E-state index in [1.165, 1.54) is 12.5 Å². The van der Waals surface area contributed by atoms with Gasteiger partial charge >= 0.3 is 0 Å². The molecule has 108 valence electrons. The largest absolute Gasteiger partial charge is 0.341 e. The van der Waals surface area contributed by atoms with Gasteiger partial charge in [-0.2, -0.15) is 0 Å². The summed E-state index contributed by atoms with van der Waals surface area (Å²) in [6.07, 6.45) is 3.40. The summed E-state index contributed by atoms with van der Waals surface area (Å²) in [6, 6.07) is 6.58. The molecular weight excluding hydrogens is 292 g/mol. The Bertz CT molecular complexity index is 671. The fourth-order valence-corrected chi connectivity index (χ4v) is 2.51. The minimum Gasteiger partial charge on any atom is -0.341 e. The molecule has 6 nitrogen and oxygen atoms in total. The van der Waals surface area contributed by atoms with Gasteiger partial charge in [-0.05, 0) is 24.6 Å². The SMILES string of the molecule is O=C(N[C@H]1CCN(c2cccc(Cl)c2)C1=O)c1cnc[nH]1. The Hall–Kier alpha value is -2.34. The molecule has 3 rings (SSSR count). The Balaban J connectivity index is 1.70. The molecule has 0 radical (unpaired) electrons. The van der Waals surface area contributed by atoms with Gasteiger partial charge in [-0.25, -0.2) is 4.98 Å². The summed E-state index contributed by atoms with van der Waals surface area (Å²) in [4.78, 5) is 32.4. The third-order valence-corrected chi connectivity index (χ3v) is 3.61. The van der Waals surface area contributed by atoms with Crippen LogP contribution >= 0.6 is 11.6 Å². The molecule has 0 bridgehead atoms. The Morgan fingerprint density at radius 3 is 3.05 bits per heavy atom. The molecule has 0 aliphatic carbocycles. The number of carbonyl (C=O) groups excluding carboxylic acids is 2. The zero-order valence-electron chi connectivity index (χ0n) is 11.0. The lowest BCUT2D eigenvalue weighted by molar-refractivity contribution is -0.118. The van der Waals surface area contributed by atoms with Gasteiger partial charge in [-0.15, -0.1) is 0 Å². The standard InChI is InChI=1S/C14H13ClN4O2/c15-9-2-1-3-10(6-9)19-5-4-11(14(19)21)18-13(20)12-7-16-8-17-12/h1-3,6-8,11H,4-5H2,(H,16,17)(H,18,20)/t11-/m0/s1. The molecule has 0 saturated carbocycles. The second-order valence-corrected chi connectivity index (χ2v) is 5.19. The third-order valence-electron chi connectivity index (χ3n) is 3.37. The van der Waals surface area contributed by atoms with Crippen molar-refractivity contribution < 1.29 is 9.59 Å². The second kappa shape index (κ2) is 5.57. The van der Waals surface area contributed by atoms with Crippen molar-refractivity contribution in [1.29, 1.82) is 0 Å². The highest BCUT2D eigenvalue weighted by molar-refractivity contribution is 6.31. The van der Waals surface area contributed by atoms with E-state index in [0.29, 0.717) is 23.7 Å². The van der Waals surface area contributed by atoms with Crippen molar-refractivity contribution in [3.8, 4) is 0 Å². The number of hydrogen-bond acceptors (Lipinski definition) is 3. The molecule has 7 heteroatoms. The van der Waals surface area contributed by atoms with Crippen LogP contribution < -0.4 is 10.2 Å². The topological polar surface area (TPSA) is 78.1 Å². The minimum absolute atomic E-state index is 0.134. The number of anilines is 1. The van der Waals surface area contributed by atoms with Crippen LogP contribution in [0.2, 0.25) is 5.02 Å². The van der Waals surface area contributed by atoms with Crippen molar-refractivity contribution in [1.82, 2.24) is 15.3 Å². The van der Waals surface area contributed by atoms with Gasteiger partial charge in [0.2, 0.25) is 5.91 Å². The summed E-state index contributed by atoms with van der Waals surface area (Å²) in [5.41, 5.74) is 1.08. The number of carbonyl (C=O) groups is 2. The van der Waals surface area contributed by atoms with E-state index in [4.69, 9.17) is 11.6 Å². The number of H-pyrrole nitrogens is 1. The summed E-state index contributed by atoms with van der Waals surface area (Å²) < 4.78 is 0. The molecule has 1 aromatic carbocycles. The number of halogens is 1. The molecule has 0 unspecified atom stereocenters. The Morgan fingerprint density at radius 2 is 2.33 bits per heavy atom. The lowest BCUT2D eigenvalue weighted by atomic mass is 10.2. The number of aromatic amines is 1. The molecule has 1 saturated heterocycles. The fourth-order valence-electron chi connectivity index (χ4n) is 2.33. The van der Waals surface area contributed by atoms with Crippen molar-refractivity contribution in [2.45, 2.75) is 12.5 Å². The number of nitrogens with zero attached hydrogens (tertiary/aromatic N) is 2. The minimum atomic E-state index is -0.528. The Kier molecular flexibility index (Phi) is 3.62. The number of imidazole rings is 1. The van der Waals surface area contributed by atoms with Crippen LogP contribution in [0.5, 0.6) is 0 Å². The highest BCUT2D eigenvalue weighted by atomic mass is 35.5. The molecular formula is C14H13ClN4O2. The quantitative estimate of drug-likeness (QED) is 0.904. The third kappa shape index (κ3) is 2.75. The van der Waals surface area contributed by atoms with Crippen molar-refractivity contribution in [2.75, 3.05) is 11.4 Å². The zero-order chi connectivity index (χ0) is 14.8. The number of aromatic nitrogens is 2. The molecule has 2 N–H and O–H groups in total. The molecule has 1 aromatic heterocycles. The number of hydrogen-bond donors (Lipinski definition) is 2. The smallest absolute Gasteiger partial charge is 0.269 e. The van der Waals surface area contributed by atoms with Crippen LogP contribution in [0.3, 0.4) is 0 Å². The van der Waals surface area contributed by atoms with Crippen LogP contribution in [0, 0.1) is 0 Å². The van der Waals surface area contributed by atoms with E-state index < -0.39 is 6.04 Å². The molecule has 2 heterocycles. The molecule has 1 atom stereocenters. The first-order chi connectivity index (χ1) is 10.1. The molecule has 1 aliphatic rings. The Labute approximate surface area is 126 Å². The summed E-state index contributed by atoms with van der Waals surface area (Å²) >= 11 is 5.94. The summed E-state index contributed by atoms with van der Waals surface area (Å²) in [7, 11) is 0. The van der Waals surface area contributed by atoms with E-state index in [0.717, 1.165) is 5.69 Å². The van der Waals surface area contributed by atoms with Gasteiger partial charge in [0.05, 0.1) is 12.5 Å². The van der Waals surface area contributed by atoms with Gasteiger partial charge < -0.3 is 15.2 Å². The Morgan fingerprint density at radius 1 is 1.48 bits per heavy atom. The van der Waals surface area contributed by atoms with E-state index in [1.807, 2.05) is 6.07 Å². The molecule has 2 aromatic rings. The van der Waals surface area contributed by atoms with E-state index in [2.05, 4.69) is 15.3 Å². The van der Waals surface area contributed by atoms with Gasteiger partial charge in [0.1, 0.15) is 11.7 Å². The highest BCUT2D eigenvalue weighted by Gasteiger charge is 2.33. The van der Waals surface area contributed by atoms with Gasteiger partial charge in [-0.3, -0.25) is 9.59 Å². The number of amides is 2. The highest BCUT2D eigenvalue weighted by Crippen LogP contribution is 2.24. The number of nitrogens with one attached hydrogen (secondary N) is 2. The van der Waals surface area contributed by atoms with Crippen molar-refractivity contribution in [3.05, 3.63) is 47.5 Å². The van der Waals surface area contributed by atoms with Crippen molar-refractivity contribution in [2.24, 2.45) is 0 Å². The van der Waals surface area contributed by atoms with Crippen LogP contribution in [0.1, 0.15) is 16.9 Å². The normalized spacial score (nSPS) is 18.0. The lowest BCUT2D eigenvalue weighted by Gasteiger charge is -2.17.